The normalized spacial score (nSPS) is 14.5. The molecule has 0 spiro atoms. The molecule has 1 saturated carbocycles. The molecule has 3 nitrogen and oxygen atoms in total. The molecule has 3 rings (SSSR count). The molecule has 0 atom stereocenters. The Morgan fingerprint density at radius 3 is 2.67 bits per heavy atom. The molecule has 92 valence electrons. The molecule has 1 aliphatic rings. The van der Waals surface area contributed by atoms with Crippen LogP contribution in [-0.4, -0.2) is 18.1 Å². The number of thiazole rings is 1. The maximum atomic E-state index is 11.4. The Labute approximate surface area is 109 Å². The second-order valence-corrected chi connectivity index (χ2v) is 5.45. The Morgan fingerprint density at radius 2 is 2.06 bits per heavy atom. The van der Waals surface area contributed by atoms with E-state index >= 15 is 0 Å². The van der Waals surface area contributed by atoms with Crippen molar-refractivity contribution >= 4 is 17.3 Å². The summed E-state index contributed by atoms with van der Waals surface area (Å²) in [6.07, 6.45) is 4.19. The zero-order chi connectivity index (χ0) is 12.5. The van der Waals surface area contributed by atoms with E-state index in [1.54, 1.807) is 6.20 Å². The fourth-order valence-corrected chi connectivity index (χ4v) is 2.76. The maximum absolute atomic E-state index is 11.4. The third-order valence-corrected chi connectivity index (χ3v) is 4.13. The van der Waals surface area contributed by atoms with Crippen molar-refractivity contribution in [3.63, 3.8) is 0 Å². The molecule has 0 radical (unpaired) electrons. The summed E-state index contributed by atoms with van der Waals surface area (Å²) in [5.74, 6) is 0.439. The molecule has 0 saturated heterocycles. The van der Waals surface area contributed by atoms with Crippen molar-refractivity contribution in [2.45, 2.75) is 18.8 Å². The van der Waals surface area contributed by atoms with Crippen molar-refractivity contribution in [3.8, 4) is 10.6 Å². The minimum Gasteiger partial charge on any atom is -0.465 e. The van der Waals surface area contributed by atoms with Gasteiger partial charge in [-0.3, -0.25) is 0 Å². The van der Waals surface area contributed by atoms with Gasteiger partial charge in [0.05, 0.1) is 13.3 Å². The van der Waals surface area contributed by atoms with Gasteiger partial charge in [0.1, 0.15) is 9.88 Å². The average molecular weight is 259 g/mol. The Bertz CT molecular complexity index is 570. The highest BCUT2D eigenvalue weighted by atomic mass is 32.1. The number of rotatable bonds is 3. The van der Waals surface area contributed by atoms with Crippen molar-refractivity contribution < 1.29 is 9.53 Å². The van der Waals surface area contributed by atoms with Crippen LogP contribution in [-0.2, 0) is 4.74 Å². The zero-order valence-corrected chi connectivity index (χ0v) is 10.9. The van der Waals surface area contributed by atoms with Gasteiger partial charge in [-0.2, -0.15) is 0 Å². The molecule has 0 unspecified atom stereocenters. The standard InChI is InChI=1S/C14H13NO2S/c1-17-14(16)12-8-15-13(18-12)11-6-4-10(5-7-11)9-2-3-9/h4-9H,2-3H2,1H3. The number of carbonyl (C=O) groups is 1. The van der Waals surface area contributed by atoms with Crippen molar-refractivity contribution in [1.82, 2.24) is 4.98 Å². The number of esters is 1. The first-order valence-electron chi connectivity index (χ1n) is 5.92. The summed E-state index contributed by atoms with van der Waals surface area (Å²) >= 11 is 1.36. The number of hydrogen-bond donors (Lipinski definition) is 0. The van der Waals surface area contributed by atoms with E-state index in [-0.39, 0.29) is 5.97 Å². The molecular formula is C14H13NO2S. The fraction of sp³-hybridized carbons (Fsp3) is 0.286. The highest BCUT2D eigenvalue weighted by Crippen LogP contribution is 2.40. The van der Waals surface area contributed by atoms with Crippen LogP contribution < -0.4 is 0 Å². The van der Waals surface area contributed by atoms with E-state index in [1.165, 1.54) is 36.9 Å². The van der Waals surface area contributed by atoms with Gasteiger partial charge in [0.25, 0.3) is 0 Å². The highest BCUT2D eigenvalue weighted by Gasteiger charge is 2.23. The smallest absolute Gasteiger partial charge is 0.349 e. The number of carbonyl (C=O) groups excluding carboxylic acids is 1. The van der Waals surface area contributed by atoms with Gasteiger partial charge in [0.2, 0.25) is 0 Å². The number of benzene rings is 1. The van der Waals surface area contributed by atoms with Crippen LogP contribution in [0.3, 0.4) is 0 Å². The van der Waals surface area contributed by atoms with Gasteiger partial charge < -0.3 is 4.74 Å². The summed E-state index contributed by atoms with van der Waals surface area (Å²) in [5, 5.41) is 0.859. The van der Waals surface area contributed by atoms with E-state index in [4.69, 9.17) is 0 Å². The molecule has 0 amide bonds. The van der Waals surface area contributed by atoms with Crippen molar-refractivity contribution in [2.75, 3.05) is 7.11 Å². The van der Waals surface area contributed by atoms with Gasteiger partial charge in [0.15, 0.2) is 0 Å². The van der Waals surface area contributed by atoms with Crippen molar-refractivity contribution in [3.05, 3.63) is 40.9 Å². The predicted molar refractivity (Wildman–Crippen MR) is 70.9 cm³/mol. The molecule has 1 aromatic heterocycles. The van der Waals surface area contributed by atoms with Crippen LogP contribution >= 0.6 is 11.3 Å². The lowest BCUT2D eigenvalue weighted by atomic mass is 10.1. The Morgan fingerprint density at radius 1 is 1.33 bits per heavy atom. The summed E-state index contributed by atoms with van der Waals surface area (Å²) in [4.78, 5) is 16.2. The quantitative estimate of drug-likeness (QED) is 0.792. The Kier molecular flexibility index (Phi) is 2.88. The second kappa shape index (κ2) is 4.53. The Balaban J connectivity index is 1.85. The number of ether oxygens (including phenoxy) is 1. The van der Waals surface area contributed by atoms with Crippen LogP contribution in [0.1, 0.15) is 34.0 Å². The van der Waals surface area contributed by atoms with E-state index in [0.29, 0.717) is 4.88 Å². The van der Waals surface area contributed by atoms with E-state index < -0.39 is 0 Å². The maximum Gasteiger partial charge on any atom is 0.349 e. The lowest BCUT2D eigenvalue weighted by molar-refractivity contribution is 0.0606. The van der Waals surface area contributed by atoms with E-state index in [0.717, 1.165) is 16.5 Å². The minimum absolute atomic E-state index is 0.326. The number of hydrogen-bond acceptors (Lipinski definition) is 4. The first kappa shape index (κ1) is 11.4. The van der Waals surface area contributed by atoms with Crippen molar-refractivity contribution in [2.24, 2.45) is 0 Å². The van der Waals surface area contributed by atoms with Gasteiger partial charge in [-0.15, -0.1) is 11.3 Å². The third kappa shape index (κ3) is 2.16. The van der Waals surface area contributed by atoms with Gasteiger partial charge >= 0.3 is 5.97 Å². The number of aromatic nitrogens is 1. The first-order chi connectivity index (χ1) is 8.78. The molecular weight excluding hydrogens is 246 g/mol. The first-order valence-corrected chi connectivity index (χ1v) is 6.74. The van der Waals surface area contributed by atoms with Crippen LogP contribution in [0.4, 0.5) is 0 Å². The van der Waals surface area contributed by atoms with E-state index in [9.17, 15) is 4.79 Å². The summed E-state index contributed by atoms with van der Waals surface area (Å²) in [6, 6.07) is 8.47. The number of nitrogens with zero attached hydrogens (tertiary/aromatic N) is 1. The molecule has 1 aromatic carbocycles. The Hall–Kier alpha value is -1.68. The average Bonchev–Trinajstić information content (AvgIpc) is 3.15. The third-order valence-electron chi connectivity index (χ3n) is 3.10. The van der Waals surface area contributed by atoms with Crippen LogP contribution in [0.15, 0.2) is 30.5 Å². The molecule has 1 aliphatic carbocycles. The van der Waals surface area contributed by atoms with Crippen LogP contribution in [0.2, 0.25) is 0 Å². The monoisotopic (exact) mass is 259 g/mol. The lowest BCUT2D eigenvalue weighted by Crippen LogP contribution is -1.96. The van der Waals surface area contributed by atoms with Crippen molar-refractivity contribution in [1.29, 1.82) is 0 Å². The fourth-order valence-electron chi connectivity index (χ4n) is 1.92. The van der Waals surface area contributed by atoms with Gasteiger partial charge in [-0.25, -0.2) is 9.78 Å². The summed E-state index contributed by atoms with van der Waals surface area (Å²) in [7, 11) is 1.38. The lowest BCUT2D eigenvalue weighted by Gasteiger charge is -1.99. The van der Waals surface area contributed by atoms with Crippen LogP contribution in [0, 0.1) is 0 Å². The topological polar surface area (TPSA) is 39.2 Å². The SMILES string of the molecule is COC(=O)c1cnc(-c2ccc(C3CC3)cc2)s1. The summed E-state index contributed by atoms with van der Waals surface area (Å²) in [6.45, 7) is 0. The van der Waals surface area contributed by atoms with E-state index in [2.05, 4.69) is 34.0 Å². The number of methoxy groups -OCH3 is 1. The summed E-state index contributed by atoms with van der Waals surface area (Å²) in [5.41, 5.74) is 2.46. The summed E-state index contributed by atoms with van der Waals surface area (Å²) < 4.78 is 4.68. The van der Waals surface area contributed by atoms with Crippen LogP contribution in [0.25, 0.3) is 10.6 Å². The molecule has 4 heteroatoms. The predicted octanol–water partition coefficient (Wildman–Crippen LogP) is 3.47. The zero-order valence-electron chi connectivity index (χ0n) is 10.1. The van der Waals surface area contributed by atoms with Gasteiger partial charge in [-0.1, -0.05) is 24.3 Å². The molecule has 18 heavy (non-hydrogen) atoms. The minimum atomic E-state index is -0.326. The highest BCUT2D eigenvalue weighted by molar-refractivity contribution is 7.16. The second-order valence-electron chi connectivity index (χ2n) is 4.42. The molecule has 0 N–H and O–H groups in total. The molecule has 0 bridgehead atoms. The molecule has 2 aromatic rings. The van der Waals surface area contributed by atoms with Gasteiger partial charge in [-0.05, 0) is 24.3 Å². The molecule has 0 aliphatic heterocycles. The molecule has 1 fully saturated rings. The van der Waals surface area contributed by atoms with Gasteiger partial charge in [0, 0.05) is 5.56 Å². The molecule has 1 heterocycles. The van der Waals surface area contributed by atoms with Crippen LogP contribution in [0.5, 0.6) is 0 Å². The largest absolute Gasteiger partial charge is 0.465 e. The van der Waals surface area contributed by atoms with E-state index in [1.807, 2.05) is 0 Å².